The molecule has 10 heavy (non-hydrogen) atoms. The van der Waals surface area contributed by atoms with Crippen LogP contribution >= 0.6 is 0 Å². The van der Waals surface area contributed by atoms with Crippen LogP contribution < -0.4 is 17.2 Å². The van der Waals surface area contributed by atoms with E-state index in [4.69, 9.17) is 17.2 Å². The lowest BCUT2D eigenvalue weighted by atomic mass is 10.9. The number of nitrogen functional groups attached to an aromatic ring is 3. The second-order valence-corrected chi connectivity index (χ2v) is 1.41. The smallest absolute Gasteiger partial charge is 0.226 e. The van der Waals surface area contributed by atoms with Gasteiger partial charge in [-0.05, 0) is 11.0 Å². The molecular formula is C3H10N6Si. The Morgan fingerprint density at radius 2 is 0.900 bits per heavy atom. The van der Waals surface area contributed by atoms with Gasteiger partial charge in [-0.3, -0.25) is 0 Å². The molecule has 0 aromatic carbocycles. The van der Waals surface area contributed by atoms with Crippen LogP contribution in [0.15, 0.2) is 0 Å². The van der Waals surface area contributed by atoms with Gasteiger partial charge in [0.1, 0.15) is 0 Å². The summed E-state index contributed by atoms with van der Waals surface area (Å²) < 4.78 is 0. The molecule has 0 amide bonds. The van der Waals surface area contributed by atoms with Gasteiger partial charge in [0.15, 0.2) is 0 Å². The standard InChI is InChI=1S/C3H6N6.H4Si/c4-1-7-2(5)9-3(6)8-1;/h(H6,4,5,6,7,8,9);1H4. The SMILES string of the molecule is Nc1nc(N)nc(N)n1.[SiH4]. The molecule has 0 spiro atoms. The minimum Gasteiger partial charge on any atom is -0.368 e. The normalized spacial score (nSPS) is 8.40. The first-order chi connectivity index (χ1) is 4.18. The lowest BCUT2D eigenvalue weighted by Crippen LogP contribution is -2.05. The van der Waals surface area contributed by atoms with Gasteiger partial charge >= 0.3 is 0 Å². The molecule has 6 N–H and O–H groups in total. The van der Waals surface area contributed by atoms with E-state index in [1.54, 1.807) is 0 Å². The van der Waals surface area contributed by atoms with E-state index in [1.165, 1.54) is 0 Å². The minimum atomic E-state index is 0. The van der Waals surface area contributed by atoms with Crippen LogP contribution in [0.1, 0.15) is 0 Å². The van der Waals surface area contributed by atoms with Crippen molar-refractivity contribution in [3.05, 3.63) is 0 Å². The van der Waals surface area contributed by atoms with E-state index in [2.05, 4.69) is 15.0 Å². The van der Waals surface area contributed by atoms with Gasteiger partial charge < -0.3 is 17.2 Å². The number of nitrogens with zero attached hydrogens (tertiary/aromatic N) is 3. The van der Waals surface area contributed by atoms with Crippen molar-refractivity contribution in [3.8, 4) is 0 Å². The molecule has 0 fully saturated rings. The minimum absolute atomic E-state index is 0. The third-order valence-electron chi connectivity index (χ3n) is 0.687. The molecule has 1 aromatic heterocycles. The van der Waals surface area contributed by atoms with E-state index in [1.807, 2.05) is 0 Å². The maximum Gasteiger partial charge on any atom is 0.226 e. The van der Waals surface area contributed by atoms with Crippen molar-refractivity contribution in [3.63, 3.8) is 0 Å². The molecule has 1 heterocycles. The molecule has 7 heteroatoms. The summed E-state index contributed by atoms with van der Waals surface area (Å²) in [6.07, 6.45) is 0. The summed E-state index contributed by atoms with van der Waals surface area (Å²) in [5.41, 5.74) is 15.4. The van der Waals surface area contributed by atoms with E-state index in [9.17, 15) is 0 Å². The molecule has 1 aromatic rings. The van der Waals surface area contributed by atoms with E-state index in [0.717, 1.165) is 0 Å². The van der Waals surface area contributed by atoms with Gasteiger partial charge in [0.2, 0.25) is 17.8 Å². The molecule has 0 aliphatic heterocycles. The van der Waals surface area contributed by atoms with Crippen molar-refractivity contribution in [1.29, 1.82) is 0 Å². The Balaban J connectivity index is 0.000000810. The van der Waals surface area contributed by atoms with Crippen molar-refractivity contribution in [2.24, 2.45) is 0 Å². The zero-order valence-corrected chi connectivity index (χ0v) is 4.57. The monoisotopic (exact) mass is 158 g/mol. The Morgan fingerprint density at radius 3 is 1.10 bits per heavy atom. The van der Waals surface area contributed by atoms with Crippen LogP contribution in [0, 0.1) is 0 Å². The third kappa shape index (κ3) is 1.86. The molecule has 0 saturated heterocycles. The van der Waals surface area contributed by atoms with Crippen molar-refractivity contribution in [1.82, 2.24) is 15.0 Å². The molecule has 6 nitrogen and oxygen atoms in total. The summed E-state index contributed by atoms with van der Waals surface area (Å²) in [4.78, 5) is 10.5. The summed E-state index contributed by atoms with van der Waals surface area (Å²) >= 11 is 0. The van der Waals surface area contributed by atoms with Gasteiger partial charge in [0.25, 0.3) is 0 Å². The lowest BCUT2D eigenvalue weighted by molar-refractivity contribution is 1.09. The van der Waals surface area contributed by atoms with Crippen LogP contribution in [0.5, 0.6) is 0 Å². The summed E-state index contributed by atoms with van der Waals surface area (Å²) in [6, 6.07) is 0. The second kappa shape index (κ2) is 2.97. The summed E-state index contributed by atoms with van der Waals surface area (Å²) in [7, 11) is 0. The highest BCUT2D eigenvalue weighted by Crippen LogP contribution is 1.97. The molecule has 0 aliphatic rings. The van der Waals surface area contributed by atoms with Gasteiger partial charge in [-0.2, -0.15) is 15.0 Å². The zero-order chi connectivity index (χ0) is 6.85. The molecule has 56 valence electrons. The molecule has 1 rings (SSSR count). The van der Waals surface area contributed by atoms with Crippen LogP contribution in [0.25, 0.3) is 0 Å². The first-order valence-electron chi connectivity index (χ1n) is 2.21. The van der Waals surface area contributed by atoms with E-state index < -0.39 is 0 Å². The maximum atomic E-state index is 5.14. The largest absolute Gasteiger partial charge is 0.368 e. The zero-order valence-electron chi connectivity index (χ0n) is 4.57. The summed E-state index contributed by atoms with van der Waals surface area (Å²) in [5.74, 6) is 0.125. The molecule has 0 aliphatic carbocycles. The number of hydrogen-bond donors (Lipinski definition) is 3. The van der Waals surface area contributed by atoms with Crippen molar-refractivity contribution >= 4 is 28.8 Å². The highest BCUT2D eigenvalue weighted by Gasteiger charge is 1.93. The van der Waals surface area contributed by atoms with Crippen molar-refractivity contribution in [2.75, 3.05) is 17.2 Å². The van der Waals surface area contributed by atoms with Crippen molar-refractivity contribution < 1.29 is 0 Å². The molecular weight excluding hydrogens is 148 g/mol. The summed E-state index contributed by atoms with van der Waals surface area (Å²) in [6.45, 7) is 0. The average molecular weight is 158 g/mol. The Morgan fingerprint density at radius 1 is 0.700 bits per heavy atom. The van der Waals surface area contributed by atoms with Crippen LogP contribution in [0.2, 0.25) is 0 Å². The van der Waals surface area contributed by atoms with Crippen molar-refractivity contribution in [2.45, 2.75) is 0 Å². The quantitative estimate of drug-likeness (QED) is 0.350. The van der Waals surface area contributed by atoms with Gasteiger partial charge in [0, 0.05) is 0 Å². The first-order valence-corrected chi connectivity index (χ1v) is 2.21. The van der Waals surface area contributed by atoms with Crippen LogP contribution in [0.3, 0.4) is 0 Å². The fourth-order valence-electron chi connectivity index (χ4n) is 0.427. The number of hydrogen-bond acceptors (Lipinski definition) is 6. The number of aromatic nitrogens is 3. The predicted molar refractivity (Wildman–Crippen MR) is 44.4 cm³/mol. The van der Waals surface area contributed by atoms with Crippen LogP contribution in [-0.2, 0) is 0 Å². The Bertz CT molecular complexity index is 174. The maximum absolute atomic E-state index is 5.14. The number of rotatable bonds is 0. The van der Waals surface area contributed by atoms with Crippen LogP contribution in [-0.4, -0.2) is 25.9 Å². The van der Waals surface area contributed by atoms with Gasteiger partial charge in [-0.25, -0.2) is 0 Å². The fourth-order valence-corrected chi connectivity index (χ4v) is 0.427. The molecule has 0 atom stereocenters. The van der Waals surface area contributed by atoms with Crippen LogP contribution in [0.4, 0.5) is 17.8 Å². The molecule has 0 unspecified atom stereocenters. The summed E-state index contributed by atoms with van der Waals surface area (Å²) in [5, 5.41) is 0. The van der Waals surface area contributed by atoms with Gasteiger partial charge in [-0.1, -0.05) is 0 Å². The van der Waals surface area contributed by atoms with E-state index >= 15 is 0 Å². The molecule has 0 bridgehead atoms. The Kier molecular flexibility index (Phi) is 2.56. The molecule has 0 radical (unpaired) electrons. The van der Waals surface area contributed by atoms with Gasteiger partial charge in [-0.15, -0.1) is 0 Å². The Hall–Kier alpha value is -1.37. The second-order valence-electron chi connectivity index (χ2n) is 1.41. The lowest BCUT2D eigenvalue weighted by Gasteiger charge is -1.93. The highest BCUT2D eigenvalue weighted by molar-refractivity contribution is 5.75. The third-order valence-corrected chi connectivity index (χ3v) is 0.687. The van der Waals surface area contributed by atoms with Gasteiger partial charge in [0.05, 0.1) is 0 Å². The topological polar surface area (TPSA) is 117 Å². The predicted octanol–water partition coefficient (Wildman–Crippen LogP) is -2.83. The average Bonchev–Trinajstić information content (AvgIpc) is 1.59. The Labute approximate surface area is 61.9 Å². The molecule has 0 saturated carbocycles. The fraction of sp³-hybridized carbons (Fsp3) is 0. The number of nitrogens with two attached hydrogens (primary N) is 3. The number of anilines is 3. The highest BCUT2D eigenvalue weighted by atomic mass is 28.1. The van der Waals surface area contributed by atoms with E-state index in [-0.39, 0.29) is 28.8 Å². The van der Waals surface area contributed by atoms with E-state index in [0.29, 0.717) is 0 Å². The first kappa shape index (κ1) is 8.63.